The Morgan fingerprint density at radius 2 is 1.74 bits per heavy atom. The maximum absolute atomic E-state index is 12.6. The number of hydrogen-bond acceptors (Lipinski definition) is 5. The van der Waals surface area contributed by atoms with Crippen molar-refractivity contribution in [1.82, 2.24) is 5.32 Å². The monoisotopic (exact) mass is 468 g/mol. The molecule has 1 N–H and O–H groups in total. The van der Waals surface area contributed by atoms with E-state index in [4.69, 9.17) is 9.73 Å². The summed E-state index contributed by atoms with van der Waals surface area (Å²) in [5, 5.41) is 3.39. The van der Waals surface area contributed by atoms with E-state index < -0.39 is 0 Å². The Morgan fingerprint density at radius 3 is 2.24 bits per heavy atom. The summed E-state index contributed by atoms with van der Waals surface area (Å²) in [5.41, 5.74) is 5.62. The molecule has 0 radical (unpaired) electrons. The van der Waals surface area contributed by atoms with Crippen LogP contribution in [0.25, 0.3) is 0 Å². The molecule has 0 bridgehead atoms. The van der Waals surface area contributed by atoms with E-state index in [1.54, 1.807) is 6.92 Å². The Labute approximate surface area is 206 Å². The quantitative estimate of drug-likeness (QED) is 0.161. The van der Waals surface area contributed by atoms with Gasteiger partial charge in [0.1, 0.15) is 6.04 Å². The first-order chi connectivity index (χ1) is 15.8. The minimum Gasteiger partial charge on any atom is -0.462 e. The van der Waals surface area contributed by atoms with Crippen LogP contribution < -0.4 is 5.32 Å². The van der Waals surface area contributed by atoms with Crippen molar-refractivity contribution in [3.8, 4) is 0 Å². The Balaban J connectivity index is 3.24. The van der Waals surface area contributed by atoms with Gasteiger partial charge in [-0.05, 0) is 94.2 Å². The summed E-state index contributed by atoms with van der Waals surface area (Å²) < 4.78 is 5.45. The lowest BCUT2D eigenvalue weighted by molar-refractivity contribution is -0.150. The van der Waals surface area contributed by atoms with E-state index in [9.17, 15) is 9.59 Å². The second kappa shape index (κ2) is 14.0. The molecule has 0 heterocycles. The zero-order valence-electron chi connectivity index (χ0n) is 22.8. The average molecular weight is 469 g/mol. The highest BCUT2D eigenvalue weighted by molar-refractivity contribution is 6.07. The van der Waals surface area contributed by atoms with Gasteiger partial charge in [-0.2, -0.15) is 0 Å². The molecule has 0 aliphatic heterocycles. The number of hydrogen-bond donors (Lipinski definition) is 1. The van der Waals surface area contributed by atoms with Crippen LogP contribution in [-0.4, -0.2) is 29.6 Å². The Kier molecular flexibility index (Phi) is 12.2. The molecular formula is C29H44N2O3. The summed E-state index contributed by atoms with van der Waals surface area (Å²) in [6.45, 7) is 20.1. The summed E-state index contributed by atoms with van der Waals surface area (Å²) in [6.07, 6.45) is 4.49. The number of nitrogens with zero attached hydrogens (tertiary/aromatic N) is 1. The van der Waals surface area contributed by atoms with E-state index in [0.29, 0.717) is 24.5 Å². The molecule has 34 heavy (non-hydrogen) atoms. The number of rotatable bonds is 12. The highest BCUT2D eigenvalue weighted by Crippen LogP contribution is 2.24. The lowest BCUT2D eigenvalue weighted by Crippen LogP contribution is -2.39. The van der Waals surface area contributed by atoms with E-state index in [1.807, 2.05) is 46.8 Å². The topological polar surface area (TPSA) is 67.8 Å². The third kappa shape index (κ3) is 9.76. The van der Waals surface area contributed by atoms with Crippen LogP contribution in [0.3, 0.4) is 0 Å². The van der Waals surface area contributed by atoms with Crippen molar-refractivity contribution in [3.63, 3.8) is 0 Å². The normalized spacial score (nSPS) is 14.2. The van der Waals surface area contributed by atoms with Gasteiger partial charge < -0.3 is 10.1 Å². The molecule has 0 aromatic heterocycles. The number of benzene rings is 1. The van der Waals surface area contributed by atoms with Crippen molar-refractivity contribution in [3.05, 3.63) is 52.6 Å². The molecular weight excluding hydrogens is 424 g/mol. The van der Waals surface area contributed by atoms with Crippen LogP contribution in [0.5, 0.6) is 0 Å². The number of ketones is 1. The van der Waals surface area contributed by atoms with E-state index in [1.165, 1.54) is 0 Å². The second-order valence-corrected chi connectivity index (χ2v) is 9.95. The molecule has 0 aliphatic carbocycles. The van der Waals surface area contributed by atoms with Crippen LogP contribution in [0.15, 0.2) is 46.5 Å². The van der Waals surface area contributed by atoms with Gasteiger partial charge in [-0.25, -0.2) is 0 Å². The second-order valence-electron chi connectivity index (χ2n) is 9.95. The van der Waals surface area contributed by atoms with Crippen molar-refractivity contribution < 1.29 is 14.3 Å². The highest BCUT2D eigenvalue weighted by atomic mass is 16.5. The number of carbonyl (C=O) groups excluding carboxylic acids is 2. The lowest BCUT2D eigenvalue weighted by Gasteiger charge is -2.21. The molecule has 1 aromatic carbocycles. The number of nitrogens with one attached hydrogen (secondary N) is 1. The Bertz CT molecular complexity index is 937. The van der Waals surface area contributed by atoms with Crippen molar-refractivity contribution in [2.75, 3.05) is 0 Å². The lowest BCUT2D eigenvalue weighted by atomic mass is 9.96. The molecule has 1 unspecified atom stereocenters. The molecule has 0 aliphatic rings. The van der Waals surface area contributed by atoms with Gasteiger partial charge in [-0.15, -0.1) is 0 Å². The number of Topliss-reactive ketones (excluding diaryl/α,β-unsaturated/α-hetero) is 1. The minimum atomic E-state index is -0.351. The molecule has 0 fully saturated rings. The van der Waals surface area contributed by atoms with Crippen LogP contribution in [0.2, 0.25) is 0 Å². The molecule has 0 saturated heterocycles. The minimum absolute atomic E-state index is 0.0543. The third-order valence-electron chi connectivity index (χ3n) is 5.49. The van der Waals surface area contributed by atoms with Gasteiger partial charge in [0.25, 0.3) is 0 Å². The number of aliphatic imine (C=N–C) groups is 1. The molecule has 1 rings (SSSR count). The summed E-state index contributed by atoms with van der Waals surface area (Å²) in [5.74, 6) is 0.402. The van der Waals surface area contributed by atoms with Crippen LogP contribution >= 0.6 is 0 Å². The summed E-state index contributed by atoms with van der Waals surface area (Å²) in [6, 6.07) is 5.84. The number of esters is 1. The molecule has 5 heteroatoms. The smallest absolute Gasteiger partial charge is 0.323 e. The summed E-state index contributed by atoms with van der Waals surface area (Å²) >= 11 is 0. The third-order valence-corrected chi connectivity index (χ3v) is 5.49. The van der Waals surface area contributed by atoms with Gasteiger partial charge >= 0.3 is 5.97 Å². The molecule has 188 valence electrons. The van der Waals surface area contributed by atoms with E-state index >= 15 is 0 Å². The SMILES string of the molecule is C/C=C(\C=C(\C)C(C)=O)C(=N/c1cc(CNC(CC(C)C)C(=O)OC(C)C)ccc1C)/C(C)C. The van der Waals surface area contributed by atoms with Crippen molar-refractivity contribution in [2.45, 2.75) is 94.3 Å². The van der Waals surface area contributed by atoms with Crippen molar-refractivity contribution in [1.29, 1.82) is 0 Å². The standard InChI is InChI=1S/C29H44N2O3/c1-11-25(15-22(9)23(10)32)28(19(4)5)31-26-16-24(13-12-21(26)8)17-30-27(14-18(2)3)29(33)34-20(6)7/h11-13,15-16,18-20,27,30H,14,17H2,1-10H3/b22-15-,25-11+,31-28+. The van der Waals surface area contributed by atoms with Crippen LogP contribution in [0.4, 0.5) is 5.69 Å². The Morgan fingerprint density at radius 1 is 1.09 bits per heavy atom. The van der Waals surface area contributed by atoms with Gasteiger partial charge in [0, 0.05) is 6.54 Å². The summed E-state index contributed by atoms with van der Waals surface area (Å²) in [4.78, 5) is 29.3. The van der Waals surface area contributed by atoms with Crippen molar-refractivity contribution >= 4 is 23.2 Å². The van der Waals surface area contributed by atoms with E-state index in [2.05, 4.69) is 51.2 Å². The molecule has 1 aromatic rings. The maximum Gasteiger partial charge on any atom is 0.323 e. The zero-order chi connectivity index (χ0) is 26.0. The number of aryl methyl sites for hydroxylation is 1. The van der Waals surface area contributed by atoms with E-state index in [-0.39, 0.29) is 29.8 Å². The average Bonchev–Trinajstić information content (AvgIpc) is 2.73. The molecule has 1 atom stereocenters. The van der Waals surface area contributed by atoms with Crippen molar-refractivity contribution in [2.24, 2.45) is 16.8 Å². The van der Waals surface area contributed by atoms with Gasteiger partial charge in [-0.3, -0.25) is 14.6 Å². The van der Waals surface area contributed by atoms with Gasteiger partial charge in [0.15, 0.2) is 5.78 Å². The number of carbonyl (C=O) groups is 2. The number of ether oxygens (including phenoxy) is 1. The maximum atomic E-state index is 12.6. The molecule has 0 spiro atoms. The highest BCUT2D eigenvalue weighted by Gasteiger charge is 2.22. The largest absolute Gasteiger partial charge is 0.462 e. The van der Waals surface area contributed by atoms with Crippen LogP contribution in [0.1, 0.15) is 79.9 Å². The fourth-order valence-electron chi connectivity index (χ4n) is 3.47. The molecule has 0 saturated carbocycles. The van der Waals surface area contributed by atoms with Crippen LogP contribution in [-0.2, 0) is 20.9 Å². The predicted octanol–water partition coefficient (Wildman–Crippen LogP) is 6.66. The first-order valence-corrected chi connectivity index (χ1v) is 12.3. The molecule has 0 amide bonds. The number of allylic oxidation sites excluding steroid dienone is 4. The van der Waals surface area contributed by atoms with Gasteiger partial charge in [-0.1, -0.05) is 45.9 Å². The zero-order valence-corrected chi connectivity index (χ0v) is 22.8. The van der Waals surface area contributed by atoms with Gasteiger partial charge in [0.2, 0.25) is 0 Å². The fourth-order valence-corrected chi connectivity index (χ4v) is 3.47. The predicted molar refractivity (Wildman–Crippen MR) is 143 cm³/mol. The van der Waals surface area contributed by atoms with Gasteiger partial charge in [0.05, 0.1) is 17.5 Å². The first kappa shape index (κ1) is 29.5. The first-order valence-electron chi connectivity index (χ1n) is 12.3. The molecule has 5 nitrogen and oxygen atoms in total. The fraction of sp³-hybridized carbons (Fsp3) is 0.552. The van der Waals surface area contributed by atoms with E-state index in [0.717, 1.165) is 28.1 Å². The Hall–Kier alpha value is -2.53. The summed E-state index contributed by atoms with van der Waals surface area (Å²) in [7, 11) is 0. The van der Waals surface area contributed by atoms with Crippen LogP contribution in [0, 0.1) is 18.8 Å².